The number of benzene rings is 1. The van der Waals surface area contributed by atoms with Gasteiger partial charge in [0.05, 0.1) is 5.75 Å². The van der Waals surface area contributed by atoms with Crippen molar-refractivity contribution in [2.75, 3.05) is 36.8 Å². The Kier molecular flexibility index (Phi) is 6.43. The van der Waals surface area contributed by atoms with E-state index in [-0.39, 0.29) is 24.1 Å². The zero-order valence-electron chi connectivity index (χ0n) is 16.1. The number of hydrogen-bond donors (Lipinski definition) is 0. The van der Waals surface area contributed by atoms with Gasteiger partial charge in [0.25, 0.3) is 11.1 Å². The molecule has 1 amide bonds. The predicted octanol–water partition coefficient (Wildman–Crippen LogP) is 2.62. The molecule has 1 aliphatic rings. The van der Waals surface area contributed by atoms with E-state index < -0.39 is 0 Å². The van der Waals surface area contributed by atoms with Gasteiger partial charge in [-0.3, -0.25) is 4.79 Å². The molecule has 1 aliphatic heterocycles. The van der Waals surface area contributed by atoms with E-state index in [1.165, 1.54) is 36.0 Å². The van der Waals surface area contributed by atoms with Gasteiger partial charge < -0.3 is 19.0 Å². The van der Waals surface area contributed by atoms with E-state index in [0.717, 1.165) is 18.9 Å². The fourth-order valence-corrected chi connectivity index (χ4v) is 3.65. The second-order valence-corrected chi connectivity index (χ2v) is 7.48. The van der Waals surface area contributed by atoms with Gasteiger partial charge in [-0.1, -0.05) is 17.8 Å². The molecule has 3 aromatic rings. The summed E-state index contributed by atoms with van der Waals surface area (Å²) >= 11 is 1.20. The Bertz CT molecular complexity index is 962. The maximum Gasteiger partial charge on any atom is 0.277 e. The van der Waals surface area contributed by atoms with Crippen molar-refractivity contribution in [2.45, 2.75) is 11.8 Å². The molecule has 4 rings (SSSR count). The van der Waals surface area contributed by atoms with Crippen LogP contribution in [-0.2, 0) is 11.4 Å². The van der Waals surface area contributed by atoms with Crippen molar-refractivity contribution in [1.29, 1.82) is 0 Å². The van der Waals surface area contributed by atoms with Crippen LogP contribution in [0.15, 0.2) is 58.3 Å². The third-order valence-corrected chi connectivity index (χ3v) is 5.35. The minimum atomic E-state index is -0.332. The van der Waals surface area contributed by atoms with Crippen LogP contribution in [0.25, 0.3) is 0 Å². The van der Waals surface area contributed by atoms with Crippen molar-refractivity contribution in [3.05, 3.63) is 60.4 Å². The number of carbonyl (C=O) groups is 1. The molecule has 1 saturated heterocycles. The van der Waals surface area contributed by atoms with Crippen LogP contribution in [0.5, 0.6) is 5.75 Å². The number of pyridine rings is 1. The lowest BCUT2D eigenvalue weighted by Gasteiger charge is -2.35. The molecule has 1 fully saturated rings. The molecule has 0 aliphatic carbocycles. The number of halogens is 1. The highest BCUT2D eigenvalue weighted by Crippen LogP contribution is 2.19. The van der Waals surface area contributed by atoms with Crippen molar-refractivity contribution in [1.82, 2.24) is 20.1 Å². The molecular weight excluding hydrogens is 409 g/mol. The summed E-state index contributed by atoms with van der Waals surface area (Å²) in [4.78, 5) is 20.8. The standard InChI is InChI=1S/C20H20FN5O3S/c21-15-4-6-16(7-5-15)28-13-18-23-24-20(29-18)30-14-19(27)26-11-9-25(10-12-26)17-3-1-2-8-22-17/h1-8H,9-14H2. The molecule has 1 aromatic carbocycles. The van der Waals surface area contributed by atoms with Gasteiger partial charge in [0.2, 0.25) is 5.91 Å². The van der Waals surface area contributed by atoms with Gasteiger partial charge in [-0.25, -0.2) is 9.37 Å². The predicted molar refractivity (Wildman–Crippen MR) is 109 cm³/mol. The topological polar surface area (TPSA) is 84.6 Å². The second-order valence-electron chi connectivity index (χ2n) is 6.55. The van der Waals surface area contributed by atoms with Crippen LogP contribution in [0.4, 0.5) is 10.2 Å². The van der Waals surface area contributed by atoms with E-state index in [1.807, 2.05) is 23.1 Å². The van der Waals surface area contributed by atoms with E-state index in [0.29, 0.717) is 30.0 Å². The first-order valence-corrected chi connectivity index (χ1v) is 10.4. The zero-order chi connectivity index (χ0) is 20.8. The third kappa shape index (κ3) is 5.26. The van der Waals surface area contributed by atoms with Crippen LogP contribution in [0.3, 0.4) is 0 Å². The lowest BCUT2D eigenvalue weighted by molar-refractivity contribution is -0.128. The van der Waals surface area contributed by atoms with Crippen molar-refractivity contribution in [2.24, 2.45) is 0 Å². The molecule has 2 aromatic heterocycles. The summed E-state index contributed by atoms with van der Waals surface area (Å²) < 4.78 is 23.9. The highest BCUT2D eigenvalue weighted by atomic mass is 32.2. The molecule has 3 heterocycles. The van der Waals surface area contributed by atoms with E-state index in [2.05, 4.69) is 20.1 Å². The largest absolute Gasteiger partial charge is 0.484 e. The summed E-state index contributed by atoms with van der Waals surface area (Å²) in [6.45, 7) is 2.87. The Labute approximate surface area is 177 Å². The molecule has 156 valence electrons. The second kappa shape index (κ2) is 9.57. The molecule has 0 atom stereocenters. The first-order chi connectivity index (χ1) is 14.7. The highest BCUT2D eigenvalue weighted by molar-refractivity contribution is 7.99. The lowest BCUT2D eigenvalue weighted by Crippen LogP contribution is -2.49. The summed E-state index contributed by atoms with van der Waals surface area (Å²) in [7, 11) is 0. The van der Waals surface area contributed by atoms with Crippen LogP contribution in [-0.4, -0.2) is 57.9 Å². The SMILES string of the molecule is O=C(CSc1nnc(COc2ccc(F)cc2)o1)N1CCN(c2ccccn2)CC1. The summed E-state index contributed by atoms with van der Waals surface area (Å²) in [5, 5.41) is 8.15. The Hall–Kier alpha value is -3.14. The average molecular weight is 429 g/mol. The van der Waals surface area contributed by atoms with Crippen molar-refractivity contribution < 1.29 is 18.3 Å². The van der Waals surface area contributed by atoms with E-state index in [9.17, 15) is 9.18 Å². The Morgan fingerprint density at radius 2 is 1.90 bits per heavy atom. The molecule has 0 radical (unpaired) electrons. The fraction of sp³-hybridized carbons (Fsp3) is 0.300. The number of amides is 1. The minimum absolute atomic E-state index is 0.0305. The lowest BCUT2D eigenvalue weighted by atomic mass is 10.3. The maximum atomic E-state index is 12.9. The Morgan fingerprint density at radius 3 is 2.63 bits per heavy atom. The molecule has 0 N–H and O–H groups in total. The number of thioether (sulfide) groups is 1. The monoisotopic (exact) mass is 429 g/mol. The van der Waals surface area contributed by atoms with Crippen LogP contribution in [0.1, 0.15) is 5.89 Å². The molecule has 0 bridgehead atoms. The normalized spacial score (nSPS) is 14.0. The maximum absolute atomic E-state index is 12.9. The van der Waals surface area contributed by atoms with Crippen LogP contribution < -0.4 is 9.64 Å². The molecule has 0 unspecified atom stereocenters. The Morgan fingerprint density at radius 1 is 1.10 bits per heavy atom. The Balaban J connectivity index is 1.20. The summed E-state index contributed by atoms with van der Waals surface area (Å²) in [5.41, 5.74) is 0. The average Bonchev–Trinajstić information content (AvgIpc) is 3.26. The van der Waals surface area contributed by atoms with Gasteiger partial charge in [-0.15, -0.1) is 10.2 Å². The minimum Gasteiger partial charge on any atom is -0.484 e. The number of hydrogen-bond acceptors (Lipinski definition) is 8. The molecule has 0 saturated carbocycles. The third-order valence-electron chi connectivity index (χ3n) is 4.55. The molecule has 30 heavy (non-hydrogen) atoms. The van der Waals surface area contributed by atoms with Gasteiger partial charge in [0.1, 0.15) is 17.4 Å². The van der Waals surface area contributed by atoms with Gasteiger partial charge in [-0.05, 0) is 36.4 Å². The number of nitrogens with zero attached hydrogens (tertiary/aromatic N) is 5. The molecule has 10 heteroatoms. The first-order valence-electron chi connectivity index (χ1n) is 9.45. The number of anilines is 1. The number of piperazine rings is 1. The zero-order valence-corrected chi connectivity index (χ0v) is 16.9. The molecular formula is C20H20FN5O3S. The summed E-state index contributed by atoms with van der Waals surface area (Å²) in [6.07, 6.45) is 1.77. The molecule has 8 nitrogen and oxygen atoms in total. The van der Waals surface area contributed by atoms with Gasteiger partial charge >= 0.3 is 0 Å². The fourth-order valence-electron chi connectivity index (χ4n) is 2.97. The van der Waals surface area contributed by atoms with Crippen molar-refractivity contribution in [3.8, 4) is 5.75 Å². The van der Waals surface area contributed by atoms with E-state index >= 15 is 0 Å². The van der Waals surface area contributed by atoms with E-state index in [1.54, 1.807) is 6.20 Å². The van der Waals surface area contributed by atoms with Crippen LogP contribution >= 0.6 is 11.8 Å². The van der Waals surface area contributed by atoms with Crippen molar-refractivity contribution in [3.63, 3.8) is 0 Å². The van der Waals surface area contributed by atoms with Gasteiger partial charge in [0, 0.05) is 32.4 Å². The van der Waals surface area contributed by atoms with Gasteiger partial charge in [0.15, 0.2) is 6.61 Å². The number of ether oxygens (including phenoxy) is 1. The van der Waals surface area contributed by atoms with Crippen molar-refractivity contribution >= 4 is 23.5 Å². The smallest absolute Gasteiger partial charge is 0.277 e. The first kappa shape index (κ1) is 20.1. The van der Waals surface area contributed by atoms with Gasteiger partial charge in [-0.2, -0.15) is 0 Å². The number of rotatable bonds is 7. The summed E-state index contributed by atoms with van der Waals surface area (Å²) in [6, 6.07) is 11.5. The van der Waals surface area contributed by atoms with E-state index in [4.69, 9.17) is 9.15 Å². The van der Waals surface area contributed by atoms with Crippen LogP contribution in [0.2, 0.25) is 0 Å². The highest BCUT2D eigenvalue weighted by Gasteiger charge is 2.22. The van der Waals surface area contributed by atoms with Crippen LogP contribution in [0, 0.1) is 5.82 Å². The number of aromatic nitrogens is 3. The quantitative estimate of drug-likeness (QED) is 0.530. The molecule has 0 spiro atoms. The summed E-state index contributed by atoms with van der Waals surface area (Å²) in [5.74, 6) is 1.65. The number of carbonyl (C=O) groups excluding carboxylic acids is 1.